The fraction of sp³-hybridized carbons (Fsp3) is 0.333. The van der Waals surface area contributed by atoms with Crippen molar-refractivity contribution in [2.45, 2.75) is 0 Å². The Bertz CT molecular complexity index is 748. The molecule has 2 aromatic rings. The average Bonchev–Trinajstić information content (AvgIpc) is 3.09. The lowest BCUT2D eigenvalue weighted by molar-refractivity contribution is -0.123. The number of amides is 1. The predicted molar refractivity (Wildman–Crippen MR) is 98.3 cm³/mol. The number of aromatic nitrogens is 2. The fourth-order valence-electron chi connectivity index (χ4n) is 2.17. The second-order valence-corrected chi connectivity index (χ2v) is 6.57. The fourth-order valence-corrected chi connectivity index (χ4v) is 3.10. The molecule has 1 aromatic heterocycles. The Hall–Kier alpha value is -2.04. The van der Waals surface area contributed by atoms with Crippen molar-refractivity contribution < 1.29 is 14.3 Å². The number of hydrazone groups is 1. The van der Waals surface area contributed by atoms with Crippen LogP contribution in [0.4, 0.5) is 5.82 Å². The first kappa shape index (κ1) is 17.8. The maximum absolute atomic E-state index is 11.8. The van der Waals surface area contributed by atoms with E-state index >= 15 is 0 Å². The summed E-state index contributed by atoms with van der Waals surface area (Å²) in [4.78, 5) is 13.9. The maximum Gasteiger partial charge on any atom is 0.278 e. The Kier molecular flexibility index (Phi) is 6.31. The summed E-state index contributed by atoms with van der Waals surface area (Å²) in [6.45, 7) is 2.55. The van der Waals surface area contributed by atoms with E-state index in [-0.39, 0.29) is 12.5 Å². The first-order chi connectivity index (χ1) is 12.2. The smallest absolute Gasteiger partial charge is 0.278 e. The van der Waals surface area contributed by atoms with Crippen molar-refractivity contribution in [2.24, 2.45) is 5.10 Å². The molecule has 1 N–H and O–H groups in total. The van der Waals surface area contributed by atoms with Crippen LogP contribution in [-0.4, -0.2) is 53.8 Å². The van der Waals surface area contributed by atoms with E-state index in [2.05, 4.69) is 35.2 Å². The molecule has 0 aliphatic carbocycles. The molecule has 1 amide bonds. The van der Waals surface area contributed by atoms with Crippen LogP contribution >= 0.6 is 27.7 Å². The number of morpholine rings is 1. The Balaban J connectivity index is 1.48. The quantitative estimate of drug-likeness (QED) is 0.559. The van der Waals surface area contributed by atoms with Crippen molar-refractivity contribution in [3.8, 4) is 5.88 Å². The van der Waals surface area contributed by atoms with E-state index in [9.17, 15) is 4.79 Å². The van der Waals surface area contributed by atoms with Gasteiger partial charge in [0.15, 0.2) is 6.61 Å². The summed E-state index contributed by atoms with van der Waals surface area (Å²) in [5, 5.41) is 3.91. The molecule has 8 nitrogen and oxygen atoms in total. The molecular formula is C15H16BrN5O3S. The zero-order chi connectivity index (χ0) is 17.5. The number of benzene rings is 1. The molecular weight excluding hydrogens is 410 g/mol. The molecule has 0 saturated carbocycles. The first-order valence-corrected chi connectivity index (χ1v) is 9.10. The number of carbonyl (C=O) groups is 1. The second kappa shape index (κ2) is 8.88. The lowest BCUT2D eigenvalue weighted by atomic mass is 10.2. The van der Waals surface area contributed by atoms with Gasteiger partial charge in [-0.1, -0.05) is 28.1 Å². The van der Waals surface area contributed by atoms with Gasteiger partial charge in [0.05, 0.1) is 31.2 Å². The van der Waals surface area contributed by atoms with E-state index < -0.39 is 0 Å². The standard InChI is InChI=1S/C15H16BrN5O3S/c16-12-3-1-2-11(8-12)9-17-18-13(22)10-24-15-14(19-25-20-15)21-4-6-23-7-5-21/h1-3,8-9H,4-7,10H2,(H,18,22)/b17-9-. The van der Waals surface area contributed by atoms with Gasteiger partial charge >= 0.3 is 0 Å². The summed E-state index contributed by atoms with van der Waals surface area (Å²) in [5.41, 5.74) is 3.29. The molecule has 0 spiro atoms. The summed E-state index contributed by atoms with van der Waals surface area (Å²) in [7, 11) is 0. The average molecular weight is 426 g/mol. The van der Waals surface area contributed by atoms with E-state index in [0.717, 1.165) is 34.9 Å². The Labute approximate surface area is 157 Å². The normalized spacial score (nSPS) is 14.7. The van der Waals surface area contributed by atoms with Crippen molar-refractivity contribution in [1.82, 2.24) is 14.2 Å². The van der Waals surface area contributed by atoms with Crippen LogP contribution in [0.15, 0.2) is 33.8 Å². The lowest BCUT2D eigenvalue weighted by Gasteiger charge is -2.26. The summed E-state index contributed by atoms with van der Waals surface area (Å²) >= 11 is 4.43. The highest BCUT2D eigenvalue weighted by atomic mass is 79.9. The number of anilines is 1. The van der Waals surface area contributed by atoms with E-state index in [0.29, 0.717) is 24.9 Å². The largest absolute Gasteiger partial charge is 0.464 e. The number of nitrogens with one attached hydrogen (secondary N) is 1. The zero-order valence-corrected chi connectivity index (χ0v) is 15.6. The van der Waals surface area contributed by atoms with Crippen molar-refractivity contribution in [3.05, 3.63) is 34.3 Å². The lowest BCUT2D eigenvalue weighted by Crippen LogP contribution is -2.36. The Morgan fingerprint density at radius 3 is 3.08 bits per heavy atom. The van der Waals surface area contributed by atoms with Crippen LogP contribution in [0, 0.1) is 0 Å². The third-order valence-electron chi connectivity index (χ3n) is 3.34. The van der Waals surface area contributed by atoms with Crippen LogP contribution in [0.3, 0.4) is 0 Å². The van der Waals surface area contributed by atoms with Gasteiger partial charge in [0.2, 0.25) is 5.82 Å². The van der Waals surface area contributed by atoms with E-state index in [1.54, 1.807) is 6.21 Å². The highest BCUT2D eigenvalue weighted by Gasteiger charge is 2.20. The molecule has 132 valence electrons. The minimum atomic E-state index is -0.368. The van der Waals surface area contributed by atoms with Gasteiger partial charge in [-0.2, -0.15) is 9.47 Å². The number of hydrogen-bond acceptors (Lipinski definition) is 8. The minimum Gasteiger partial charge on any atom is -0.464 e. The third-order valence-corrected chi connectivity index (χ3v) is 4.34. The number of ether oxygens (including phenoxy) is 2. The number of carbonyl (C=O) groups excluding carboxylic acids is 1. The summed E-state index contributed by atoms with van der Waals surface area (Å²) in [5.74, 6) is 0.643. The summed E-state index contributed by atoms with van der Waals surface area (Å²) in [6, 6.07) is 7.57. The minimum absolute atomic E-state index is 0.182. The van der Waals surface area contributed by atoms with Crippen molar-refractivity contribution in [2.75, 3.05) is 37.8 Å². The highest BCUT2D eigenvalue weighted by molar-refractivity contribution is 9.10. The molecule has 0 bridgehead atoms. The molecule has 1 saturated heterocycles. The molecule has 3 rings (SSSR count). The second-order valence-electron chi connectivity index (χ2n) is 5.13. The molecule has 0 radical (unpaired) electrons. The molecule has 0 unspecified atom stereocenters. The molecule has 1 aliphatic rings. The molecule has 25 heavy (non-hydrogen) atoms. The van der Waals surface area contributed by atoms with E-state index in [4.69, 9.17) is 9.47 Å². The van der Waals surface area contributed by atoms with Gasteiger partial charge in [-0.3, -0.25) is 4.79 Å². The van der Waals surface area contributed by atoms with Gasteiger partial charge in [0, 0.05) is 17.6 Å². The third kappa shape index (κ3) is 5.21. The van der Waals surface area contributed by atoms with Gasteiger partial charge in [-0.25, -0.2) is 5.43 Å². The van der Waals surface area contributed by atoms with Crippen molar-refractivity contribution in [3.63, 3.8) is 0 Å². The van der Waals surface area contributed by atoms with Gasteiger partial charge in [0.25, 0.3) is 11.8 Å². The monoisotopic (exact) mass is 425 g/mol. The molecule has 0 atom stereocenters. The topological polar surface area (TPSA) is 88.9 Å². The Morgan fingerprint density at radius 1 is 1.44 bits per heavy atom. The van der Waals surface area contributed by atoms with Crippen LogP contribution in [0.1, 0.15) is 5.56 Å². The predicted octanol–water partition coefficient (Wildman–Crippen LogP) is 1.67. The SMILES string of the molecule is O=C(COc1nsnc1N1CCOCC1)N/N=C\c1cccc(Br)c1. The number of nitrogens with zero attached hydrogens (tertiary/aromatic N) is 4. The Morgan fingerprint density at radius 2 is 2.28 bits per heavy atom. The molecule has 1 aromatic carbocycles. The van der Waals surface area contributed by atoms with Crippen molar-refractivity contribution >= 4 is 45.6 Å². The van der Waals surface area contributed by atoms with Gasteiger partial charge in [-0.15, -0.1) is 4.37 Å². The number of halogens is 1. The van der Waals surface area contributed by atoms with Crippen LogP contribution in [0.2, 0.25) is 0 Å². The summed E-state index contributed by atoms with van der Waals surface area (Å²) in [6.07, 6.45) is 1.56. The molecule has 10 heteroatoms. The van der Waals surface area contributed by atoms with Gasteiger partial charge in [-0.05, 0) is 17.7 Å². The van der Waals surface area contributed by atoms with Gasteiger partial charge < -0.3 is 14.4 Å². The van der Waals surface area contributed by atoms with Crippen LogP contribution in [0.25, 0.3) is 0 Å². The summed E-state index contributed by atoms with van der Waals surface area (Å²) < 4.78 is 20.1. The van der Waals surface area contributed by atoms with Gasteiger partial charge in [0.1, 0.15) is 0 Å². The van der Waals surface area contributed by atoms with E-state index in [1.807, 2.05) is 29.2 Å². The van der Waals surface area contributed by atoms with E-state index in [1.165, 1.54) is 0 Å². The van der Waals surface area contributed by atoms with Crippen LogP contribution in [-0.2, 0) is 9.53 Å². The maximum atomic E-state index is 11.8. The number of hydrogen-bond donors (Lipinski definition) is 1. The molecule has 1 aliphatic heterocycles. The zero-order valence-electron chi connectivity index (χ0n) is 13.2. The van der Waals surface area contributed by atoms with Crippen LogP contribution < -0.4 is 15.1 Å². The first-order valence-electron chi connectivity index (χ1n) is 7.58. The number of rotatable bonds is 6. The molecule has 1 fully saturated rings. The highest BCUT2D eigenvalue weighted by Crippen LogP contribution is 2.26. The molecule has 2 heterocycles. The van der Waals surface area contributed by atoms with Crippen molar-refractivity contribution in [1.29, 1.82) is 0 Å². The van der Waals surface area contributed by atoms with Crippen LogP contribution in [0.5, 0.6) is 5.88 Å².